The van der Waals surface area contributed by atoms with Crippen molar-refractivity contribution in [3.63, 3.8) is 0 Å². The van der Waals surface area contributed by atoms with Crippen molar-refractivity contribution in [3.8, 4) is 0 Å². The molecule has 0 saturated carbocycles. The first-order valence-corrected chi connectivity index (χ1v) is 4.31. The molecule has 2 aliphatic heterocycles. The lowest BCUT2D eigenvalue weighted by Crippen LogP contribution is -1.91. The van der Waals surface area contributed by atoms with Crippen LogP contribution in [-0.2, 0) is 19.1 Å². The maximum atomic E-state index is 10.3. The van der Waals surface area contributed by atoms with Gasteiger partial charge < -0.3 is 9.47 Å². The Balaban J connectivity index is 0.000000140. The Morgan fingerprint density at radius 3 is 1.29 bits per heavy atom. The Kier molecular flexibility index (Phi) is 3.45. The second-order valence-electron chi connectivity index (χ2n) is 2.98. The van der Waals surface area contributed by atoms with E-state index >= 15 is 0 Å². The zero-order valence-electron chi connectivity index (χ0n) is 7.88. The number of hydrogen-bond acceptors (Lipinski definition) is 4. The lowest BCUT2D eigenvalue weighted by molar-refractivity contribution is -0.135. The fourth-order valence-electron chi connectivity index (χ4n) is 0.942. The number of esters is 2. The van der Waals surface area contributed by atoms with Crippen LogP contribution in [0.15, 0.2) is 24.3 Å². The van der Waals surface area contributed by atoms with Crippen LogP contribution in [0.1, 0.15) is 12.8 Å². The molecular weight excluding hydrogens is 184 g/mol. The summed E-state index contributed by atoms with van der Waals surface area (Å²) in [5.74, 6) is -0.472. The van der Waals surface area contributed by atoms with Crippen LogP contribution in [0.4, 0.5) is 0 Å². The van der Waals surface area contributed by atoms with Crippen LogP contribution in [-0.4, -0.2) is 25.2 Å². The molecular formula is C10H12O4. The Morgan fingerprint density at radius 2 is 1.21 bits per heavy atom. The first-order chi connectivity index (χ1) is 6.61. The Hall–Kier alpha value is -1.58. The van der Waals surface area contributed by atoms with E-state index in [2.05, 4.69) is 22.6 Å². The molecule has 2 saturated heterocycles. The molecule has 2 heterocycles. The first kappa shape index (κ1) is 10.5. The number of hydrogen-bond donors (Lipinski definition) is 0. The van der Waals surface area contributed by atoms with E-state index in [1.807, 2.05) is 0 Å². The van der Waals surface area contributed by atoms with E-state index in [-0.39, 0.29) is 11.9 Å². The van der Waals surface area contributed by atoms with Gasteiger partial charge in [0.15, 0.2) is 0 Å². The van der Waals surface area contributed by atoms with Gasteiger partial charge in [0, 0.05) is 24.0 Å². The molecule has 0 N–H and O–H groups in total. The van der Waals surface area contributed by atoms with Crippen molar-refractivity contribution >= 4 is 11.9 Å². The topological polar surface area (TPSA) is 52.6 Å². The molecule has 2 aliphatic rings. The van der Waals surface area contributed by atoms with Gasteiger partial charge in [0.1, 0.15) is 0 Å². The average Bonchev–Trinajstić information content (AvgIpc) is 2.67. The van der Waals surface area contributed by atoms with E-state index in [9.17, 15) is 9.59 Å². The van der Waals surface area contributed by atoms with Crippen LogP contribution in [0.2, 0.25) is 0 Å². The minimum Gasteiger partial charge on any atom is -0.462 e. The molecule has 0 aromatic rings. The molecule has 0 atom stereocenters. The molecule has 0 spiro atoms. The normalized spacial score (nSPS) is 20.0. The number of carbonyl (C=O) groups excluding carboxylic acids is 2. The summed E-state index contributed by atoms with van der Waals surface area (Å²) in [7, 11) is 0. The van der Waals surface area contributed by atoms with E-state index in [0.717, 1.165) is 0 Å². The van der Waals surface area contributed by atoms with Gasteiger partial charge in [-0.25, -0.2) is 9.59 Å². The summed E-state index contributed by atoms with van der Waals surface area (Å²) in [6, 6.07) is 0. The predicted octanol–water partition coefficient (Wildman–Crippen LogP) is 0.979. The zero-order chi connectivity index (χ0) is 10.6. The summed E-state index contributed by atoms with van der Waals surface area (Å²) < 4.78 is 9.05. The lowest BCUT2D eigenvalue weighted by atomic mass is 10.3. The molecule has 2 fully saturated rings. The molecule has 0 aromatic carbocycles. The van der Waals surface area contributed by atoms with E-state index in [0.29, 0.717) is 37.2 Å². The van der Waals surface area contributed by atoms with Gasteiger partial charge in [0.05, 0.1) is 13.2 Å². The van der Waals surface area contributed by atoms with Crippen LogP contribution in [0.3, 0.4) is 0 Å². The minimum absolute atomic E-state index is 0.236. The van der Waals surface area contributed by atoms with Crippen molar-refractivity contribution in [1.29, 1.82) is 0 Å². The maximum absolute atomic E-state index is 10.3. The van der Waals surface area contributed by atoms with Gasteiger partial charge in [-0.05, 0) is 0 Å². The molecule has 0 bridgehead atoms. The third-order valence-electron chi connectivity index (χ3n) is 1.85. The molecule has 0 radical (unpaired) electrons. The molecule has 0 aliphatic carbocycles. The van der Waals surface area contributed by atoms with Crippen LogP contribution in [0, 0.1) is 0 Å². The van der Waals surface area contributed by atoms with Crippen LogP contribution < -0.4 is 0 Å². The van der Waals surface area contributed by atoms with Gasteiger partial charge in [-0.15, -0.1) is 0 Å². The van der Waals surface area contributed by atoms with E-state index in [4.69, 9.17) is 0 Å². The first-order valence-electron chi connectivity index (χ1n) is 4.31. The number of cyclic esters (lactones) is 2. The molecule has 0 aromatic heterocycles. The summed E-state index contributed by atoms with van der Waals surface area (Å²) in [4.78, 5) is 20.5. The van der Waals surface area contributed by atoms with E-state index < -0.39 is 0 Å². The fraction of sp³-hybridized carbons (Fsp3) is 0.400. The minimum atomic E-state index is -0.236. The highest BCUT2D eigenvalue weighted by Gasteiger charge is 2.15. The molecule has 76 valence electrons. The summed E-state index contributed by atoms with van der Waals surface area (Å²) in [6.07, 6.45) is 1.41. The fourth-order valence-corrected chi connectivity index (χ4v) is 0.942. The summed E-state index contributed by atoms with van der Waals surface area (Å²) >= 11 is 0. The zero-order valence-corrected chi connectivity index (χ0v) is 7.88. The second-order valence-corrected chi connectivity index (χ2v) is 2.98. The number of rotatable bonds is 0. The maximum Gasteiger partial charge on any atom is 0.333 e. The molecule has 0 amide bonds. The highest BCUT2D eigenvalue weighted by atomic mass is 16.5. The van der Waals surface area contributed by atoms with E-state index in [1.54, 1.807) is 0 Å². The number of carbonyl (C=O) groups is 2. The van der Waals surface area contributed by atoms with Crippen LogP contribution in [0.25, 0.3) is 0 Å². The van der Waals surface area contributed by atoms with Gasteiger partial charge in [0.25, 0.3) is 0 Å². The van der Waals surface area contributed by atoms with Crippen LogP contribution >= 0.6 is 0 Å². The van der Waals surface area contributed by atoms with Gasteiger partial charge >= 0.3 is 11.9 Å². The Morgan fingerprint density at radius 1 is 0.857 bits per heavy atom. The van der Waals surface area contributed by atoms with Crippen LogP contribution in [0.5, 0.6) is 0 Å². The predicted molar refractivity (Wildman–Crippen MR) is 49.4 cm³/mol. The Labute approximate surface area is 82.2 Å². The van der Waals surface area contributed by atoms with Gasteiger partial charge in [0.2, 0.25) is 0 Å². The SMILES string of the molecule is C=C1CCOC1=O.C=C1CCOC1=O. The van der Waals surface area contributed by atoms with Crippen molar-refractivity contribution in [2.75, 3.05) is 13.2 Å². The Bertz CT molecular complexity index is 232. The third-order valence-corrected chi connectivity index (χ3v) is 1.85. The van der Waals surface area contributed by atoms with Crippen molar-refractivity contribution < 1.29 is 19.1 Å². The molecule has 4 heteroatoms. The van der Waals surface area contributed by atoms with Gasteiger partial charge in [-0.1, -0.05) is 13.2 Å². The van der Waals surface area contributed by atoms with Crippen molar-refractivity contribution in [2.24, 2.45) is 0 Å². The lowest BCUT2D eigenvalue weighted by Gasteiger charge is -1.82. The highest BCUT2D eigenvalue weighted by Crippen LogP contribution is 2.09. The summed E-state index contributed by atoms with van der Waals surface area (Å²) in [6.45, 7) is 7.97. The molecule has 4 nitrogen and oxygen atoms in total. The average molecular weight is 196 g/mol. The van der Waals surface area contributed by atoms with Crippen molar-refractivity contribution in [1.82, 2.24) is 0 Å². The van der Waals surface area contributed by atoms with Crippen molar-refractivity contribution in [3.05, 3.63) is 24.3 Å². The molecule has 2 rings (SSSR count). The second kappa shape index (κ2) is 4.60. The number of ether oxygens (including phenoxy) is 2. The quantitative estimate of drug-likeness (QED) is 0.428. The third kappa shape index (κ3) is 2.73. The van der Waals surface area contributed by atoms with Gasteiger partial charge in [-0.2, -0.15) is 0 Å². The summed E-state index contributed by atoms with van der Waals surface area (Å²) in [5, 5.41) is 0. The van der Waals surface area contributed by atoms with E-state index in [1.165, 1.54) is 0 Å². The molecule has 14 heavy (non-hydrogen) atoms. The highest BCUT2D eigenvalue weighted by molar-refractivity contribution is 5.89. The smallest absolute Gasteiger partial charge is 0.333 e. The standard InChI is InChI=1S/2C5H6O2/c2*1-4-2-3-7-5(4)6/h2*1-3H2. The van der Waals surface area contributed by atoms with Gasteiger partial charge in [-0.3, -0.25) is 0 Å². The summed E-state index contributed by atoms with van der Waals surface area (Å²) in [5.41, 5.74) is 1.19. The molecule has 0 unspecified atom stereocenters. The monoisotopic (exact) mass is 196 g/mol. The van der Waals surface area contributed by atoms with Crippen molar-refractivity contribution in [2.45, 2.75) is 12.8 Å². The largest absolute Gasteiger partial charge is 0.462 e.